The number of aromatic nitrogens is 3. The molecule has 1 atom stereocenters. The lowest BCUT2D eigenvalue weighted by atomic mass is 9.94. The van der Waals surface area contributed by atoms with Crippen molar-refractivity contribution in [1.82, 2.24) is 14.8 Å². The number of anilines is 2. The number of nitrogens with zero attached hydrogens (tertiary/aromatic N) is 3. The van der Waals surface area contributed by atoms with E-state index in [0.29, 0.717) is 23.0 Å². The highest BCUT2D eigenvalue weighted by molar-refractivity contribution is 6.06. The standard InChI is InChI=1S/C21H21N5O2/c1-13-8-10-15(11-9-13)19-18(14(2)24-21-22-12-23-26(19)21)20(27)25-16-6-4-5-7-17(16)28-3/h4-12,19H,1-3H3,(H,25,27)(H,22,23,24)/t19-/m0/s1. The molecule has 1 aliphatic heterocycles. The van der Waals surface area contributed by atoms with E-state index in [4.69, 9.17) is 4.74 Å². The van der Waals surface area contributed by atoms with Crippen LogP contribution < -0.4 is 15.4 Å². The van der Waals surface area contributed by atoms with E-state index >= 15 is 0 Å². The molecule has 142 valence electrons. The van der Waals surface area contributed by atoms with Crippen LogP contribution in [0.25, 0.3) is 0 Å². The molecule has 7 nitrogen and oxygen atoms in total. The van der Waals surface area contributed by atoms with E-state index in [1.165, 1.54) is 6.33 Å². The van der Waals surface area contributed by atoms with Gasteiger partial charge in [-0.2, -0.15) is 10.1 Å². The molecule has 2 aromatic carbocycles. The van der Waals surface area contributed by atoms with Gasteiger partial charge in [0.15, 0.2) is 0 Å². The first-order valence-electron chi connectivity index (χ1n) is 8.96. The van der Waals surface area contributed by atoms with Gasteiger partial charge in [0.05, 0.1) is 18.4 Å². The van der Waals surface area contributed by atoms with Crippen molar-refractivity contribution in [3.8, 4) is 5.75 Å². The Morgan fingerprint density at radius 3 is 2.64 bits per heavy atom. The summed E-state index contributed by atoms with van der Waals surface area (Å²) in [7, 11) is 1.58. The predicted octanol–water partition coefficient (Wildman–Crippen LogP) is 3.52. The van der Waals surface area contributed by atoms with Crippen LogP contribution in [-0.2, 0) is 4.79 Å². The Morgan fingerprint density at radius 1 is 1.14 bits per heavy atom. The highest BCUT2D eigenvalue weighted by atomic mass is 16.5. The van der Waals surface area contributed by atoms with Gasteiger partial charge in [-0.25, -0.2) is 4.68 Å². The summed E-state index contributed by atoms with van der Waals surface area (Å²) in [4.78, 5) is 17.6. The number of ether oxygens (including phenoxy) is 1. The Bertz CT molecular complexity index is 1050. The Balaban J connectivity index is 1.76. The molecule has 1 amide bonds. The SMILES string of the molecule is COc1ccccc1NC(=O)C1=C(C)Nc2ncnn2[C@H]1c1ccc(C)cc1. The first-order valence-corrected chi connectivity index (χ1v) is 8.96. The van der Waals surface area contributed by atoms with Crippen LogP contribution in [0.3, 0.4) is 0 Å². The fourth-order valence-corrected chi connectivity index (χ4v) is 3.38. The molecule has 1 aliphatic rings. The van der Waals surface area contributed by atoms with Crippen molar-refractivity contribution in [2.75, 3.05) is 17.7 Å². The molecule has 0 saturated heterocycles. The molecule has 7 heteroatoms. The molecule has 1 aromatic heterocycles. The Labute approximate surface area is 163 Å². The number of aryl methyl sites for hydroxylation is 1. The molecule has 0 bridgehead atoms. The number of allylic oxidation sites excluding steroid dienone is 1. The lowest BCUT2D eigenvalue weighted by molar-refractivity contribution is -0.113. The maximum Gasteiger partial charge on any atom is 0.255 e. The molecule has 2 N–H and O–H groups in total. The van der Waals surface area contributed by atoms with Gasteiger partial charge in [0.1, 0.15) is 18.1 Å². The van der Waals surface area contributed by atoms with E-state index in [1.807, 2.05) is 62.4 Å². The number of fused-ring (bicyclic) bond motifs is 1. The average molecular weight is 375 g/mol. The highest BCUT2D eigenvalue weighted by Crippen LogP contribution is 2.35. The third-order valence-corrected chi connectivity index (χ3v) is 4.79. The zero-order valence-corrected chi connectivity index (χ0v) is 15.9. The van der Waals surface area contributed by atoms with Crippen LogP contribution in [0.5, 0.6) is 5.75 Å². The molecule has 28 heavy (non-hydrogen) atoms. The molecule has 2 heterocycles. The van der Waals surface area contributed by atoms with E-state index in [-0.39, 0.29) is 11.9 Å². The Hall–Kier alpha value is -3.61. The molecule has 0 aliphatic carbocycles. The molecule has 0 saturated carbocycles. The van der Waals surface area contributed by atoms with Crippen molar-refractivity contribution in [1.29, 1.82) is 0 Å². The average Bonchev–Trinajstić information content (AvgIpc) is 3.16. The van der Waals surface area contributed by atoms with Gasteiger partial charge in [0, 0.05) is 5.70 Å². The molecule has 0 unspecified atom stereocenters. The van der Waals surface area contributed by atoms with E-state index in [9.17, 15) is 4.79 Å². The van der Waals surface area contributed by atoms with Gasteiger partial charge in [-0.05, 0) is 31.5 Å². The van der Waals surface area contributed by atoms with Crippen molar-refractivity contribution < 1.29 is 9.53 Å². The number of rotatable bonds is 4. The lowest BCUT2D eigenvalue weighted by Crippen LogP contribution is -2.31. The predicted molar refractivity (Wildman–Crippen MR) is 107 cm³/mol. The zero-order valence-electron chi connectivity index (χ0n) is 15.9. The van der Waals surface area contributed by atoms with E-state index in [0.717, 1.165) is 16.8 Å². The minimum absolute atomic E-state index is 0.221. The second kappa shape index (κ2) is 7.19. The number of benzene rings is 2. The maximum atomic E-state index is 13.3. The molecule has 0 fully saturated rings. The van der Waals surface area contributed by atoms with E-state index in [2.05, 4.69) is 20.7 Å². The molecular formula is C21H21N5O2. The number of methoxy groups -OCH3 is 1. The van der Waals surface area contributed by atoms with Crippen LogP contribution in [0, 0.1) is 6.92 Å². The van der Waals surface area contributed by atoms with Gasteiger partial charge in [0.25, 0.3) is 5.91 Å². The summed E-state index contributed by atoms with van der Waals surface area (Å²) < 4.78 is 7.09. The number of para-hydroxylation sites is 2. The highest BCUT2D eigenvalue weighted by Gasteiger charge is 2.33. The maximum absolute atomic E-state index is 13.3. The van der Waals surface area contributed by atoms with Gasteiger partial charge in [0.2, 0.25) is 5.95 Å². The quantitative estimate of drug-likeness (QED) is 0.729. The fourth-order valence-electron chi connectivity index (χ4n) is 3.38. The van der Waals surface area contributed by atoms with Crippen LogP contribution >= 0.6 is 0 Å². The molecule has 4 rings (SSSR count). The number of hydrogen-bond donors (Lipinski definition) is 2. The number of hydrogen-bond acceptors (Lipinski definition) is 5. The number of nitrogens with one attached hydrogen (secondary N) is 2. The smallest absolute Gasteiger partial charge is 0.255 e. The van der Waals surface area contributed by atoms with Gasteiger partial charge in [-0.15, -0.1) is 0 Å². The number of carbonyl (C=O) groups excluding carboxylic acids is 1. The normalized spacial score (nSPS) is 15.6. The van der Waals surface area contributed by atoms with Crippen molar-refractivity contribution in [2.24, 2.45) is 0 Å². The summed E-state index contributed by atoms with van der Waals surface area (Å²) in [5, 5.41) is 10.5. The minimum Gasteiger partial charge on any atom is -0.495 e. The van der Waals surface area contributed by atoms with Crippen molar-refractivity contribution in [3.05, 3.63) is 77.3 Å². The van der Waals surface area contributed by atoms with Gasteiger partial charge >= 0.3 is 0 Å². The largest absolute Gasteiger partial charge is 0.495 e. The van der Waals surface area contributed by atoms with Gasteiger partial charge < -0.3 is 15.4 Å². The minimum atomic E-state index is -0.381. The summed E-state index contributed by atoms with van der Waals surface area (Å²) in [6.45, 7) is 3.90. The van der Waals surface area contributed by atoms with Gasteiger partial charge in [-0.1, -0.05) is 42.0 Å². The summed E-state index contributed by atoms with van der Waals surface area (Å²) in [5.74, 6) is 0.990. The lowest BCUT2D eigenvalue weighted by Gasteiger charge is -2.29. The van der Waals surface area contributed by atoms with Crippen LogP contribution in [-0.4, -0.2) is 27.8 Å². The topological polar surface area (TPSA) is 81.1 Å². The van der Waals surface area contributed by atoms with Crippen LogP contribution in [0.2, 0.25) is 0 Å². The van der Waals surface area contributed by atoms with Crippen molar-refractivity contribution in [2.45, 2.75) is 19.9 Å². The van der Waals surface area contributed by atoms with E-state index < -0.39 is 0 Å². The number of amides is 1. The van der Waals surface area contributed by atoms with Crippen LogP contribution in [0.15, 0.2) is 66.1 Å². The second-order valence-corrected chi connectivity index (χ2v) is 6.66. The summed E-state index contributed by atoms with van der Waals surface area (Å²) >= 11 is 0. The Morgan fingerprint density at radius 2 is 1.89 bits per heavy atom. The second-order valence-electron chi connectivity index (χ2n) is 6.66. The third-order valence-electron chi connectivity index (χ3n) is 4.79. The third kappa shape index (κ3) is 3.11. The first kappa shape index (κ1) is 17.8. The molecule has 0 radical (unpaired) electrons. The summed E-state index contributed by atoms with van der Waals surface area (Å²) in [6, 6.07) is 15.0. The zero-order chi connectivity index (χ0) is 19.7. The fraction of sp³-hybridized carbons (Fsp3) is 0.190. The van der Waals surface area contributed by atoms with Crippen LogP contribution in [0.4, 0.5) is 11.6 Å². The van der Waals surface area contributed by atoms with E-state index in [1.54, 1.807) is 11.8 Å². The summed E-state index contributed by atoms with van der Waals surface area (Å²) in [6.07, 6.45) is 1.48. The van der Waals surface area contributed by atoms with Crippen LogP contribution in [0.1, 0.15) is 24.1 Å². The monoisotopic (exact) mass is 375 g/mol. The first-order chi connectivity index (χ1) is 13.6. The van der Waals surface area contributed by atoms with Crippen molar-refractivity contribution >= 4 is 17.5 Å². The van der Waals surface area contributed by atoms with Crippen molar-refractivity contribution in [3.63, 3.8) is 0 Å². The van der Waals surface area contributed by atoms with Gasteiger partial charge in [-0.3, -0.25) is 4.79 Å². The molecule has 0 spiro atoms. The number of carbonyl (C=O) groups is 1. The summed E-state index contributed by atoms with van der Waals surface area (Å²) in [5.41, 5.74) is 4.04. The molecule has 3 aromatic rings. The Kier molecular flexibility index (Phi) is 4.57. The molecular weight excluding hydrogens is 354 g/mol.